The molecule has 0 aromatic carbocycles. The van der Waals surface area contributed by atoms with Gasteiger partial charge in [0.25, 0.3) is 0 Å². The number of H-pyrrole nitrogens is 1. The Hall–Kier alpha value is -1.44. The first-order valence-corrected chi connectivity index (χ1v) is 7.50. The minimum atomic E-state index is -0.585. The van der Waals surface area contributed by atoms with E-state index < -0.39 is 5.60 Å². The molecule has 0 aliphatic carbocycles. The van der Waals surface area contributed by atoms with E-state index >= 15 is 0 Å². The predicted octanol–water partition coefficient (Wildman–Crippen LogP) is 0.414. The zero-order chi connectivity index (χ0) is 16.2. The average molecular weight is 310 g/mol. The van der Waals surface area contributed by atoms with Crippen molar-refractivity contribution in [2.75, 3.05) is 47.5 Å². The van der Waals surface area contributed by atoms with E-state index in [-0.39, 0.29) is 5.91 Å². The number of carbonyl (C=O) groups excluding carboxylic acids is 1. The van der Waals surface area contributed by atoms with E-state index in [4.69, 9.17) is 9.47 Å². The van der Waals surface area contributed by atoms with Crippen molar-refractivity contribution in [2.45, 2.75) is 25.5 Å². The first-order valence-electron chi connectivity index (χ1n) is 7.50. The number of nitrogens with zero attached hydrogens (tertiary/aromatic N) is 3. The molecule has 1 fully saturated rings. The standard InChI is InChI=1S/C15H26N4O3/c1-12-13(17-11-16-12)8-19-5-6-22-15(9-19,10-21-4)7-14(20)18(2)3/h11H,5-10H2,1-4H3,(H,16,17)/t15-/m0/s1. The SMILES string of the molecule is COC[C@]1(CC(=O)N(C)C)CN(Cc2nc[nH]c2C)CCO1. The summed E-state index contributed by atoms with van der Waals surface area (Å²) in [7, 11) is 5.16. The molecule has 2 heterocycles. The molecule has 1 aliphatic heterocycles. The molecule has 1 saturated heterocycles. The normalized spacial score (nSPS) is 22.7. The largest absolute Gasteiger partial charge is 0.382 e. The summed E-state index contributed by atoms with van der Waals surface area (Å²) in [5.74, 6) is 0.0508. The van der Waals surface area contributed by atoms with Gasteiger partial charge < -0.3 is 19.4 Å². The Morgan fingerprint density at radius 1 is 1.59 bits per heavy atom. The Balaban J connectivity index is 2.06. The lowest BCUT2D eigenvalue weighted by molar-refractivity contribution is -0.160. The van der Waals surface area contributed by atoms with Gasteiger partial charge >= 0.3 is 0 Å². The minimum absolute atomic E-state index is 0.0508. The van der Waals surface area contributed by atoms with Crippen LogP contribution in [0.4, 0.5) is 0 Å². The number of aromatic nitrogens is 2. The van der Waals surface area contributed by atoms with Crippen LogP contribution in [0.25, 0.3) is 0 Å². The van der Waals surface area contributed by atoms with E-state index in [1.807, 2.05) is 6.92 Å². The van der Waals surface area contributed by atoms with Crippen molar-refractivity contribution >= 4 is 5.91 Å². The van der Waals surface area contributed by atoms with Gasteiger partial charge in [-0.3, -0.25) is 9.69 Å². The number of hydrogen-bond donors (Lipinski definition) is 1. The van der Waals surface area contributed by atoms with Crippen molar-refractivity contribution < 1.29 is 14.3 Å². The van der Waals surface area contributed by atoms with E-state index in [0.29, 0.717) is 26.2 Å². The average Bonchev–Trinajstić information content (AvgIpc) is 2.84. The fourth-order valence-electron chi connectivity index (χ4n) is 2.76. The number of rotatable bonds is 6. The molecule has 1 aliphatic rings. The smallest absolute Gasteiger partial charge is 0.225 e. The number of aromatic amines is 1. The lowest BCUT2D eigenvalue weighted by atomic mass is 9.97. The highest BCUT2D eigenvalue weighted by Crippen LogP contribution is 2.24. The topological polar surface area (TPSA) is 70.7 Å². The van der Waals surface area contributed by atoms with Crippen molar-refractivity contribution in [1.29, 1.82) is 0 Å². The maximum atomic E-state index is 12.1. The molecule has 0 unspecified atom stereocenters. The van der Waals surface area contributed by atoms with Gasteiger partial charge in [0.1, 0.15) is 5.60 Å². The van der Waals surface area contributed by atoms with Crippen molar-refractivity contribution in [2.24, 2.45) is 0 Å². The summed E-state index contributed by atoms with van der Waals surface area (Å²) < 4.78 is 11.3. The van der Waals surface area contributed by atoms with Gasteiger partial charge in [-0.2, -0.15) is 0 Å². The molecule has 22 heavy (non-hydrogen) atoms. The molecular weight excluding hydrogens is 284 g/mol. The molecule has 124 valence electrons. The van der Waals surface area contributed by atoms with E-state index in [9.17, 15) is 4.79 Å². The van der Waals surface area contributed by atoms with Gasteiger partial charge in [0, 0.05) is 46.5 Å². The zero-order valence-electron chi connectivity index (χ0n) is 13.9. The van der Waals surface area contributed by atoms with E-state index in [2.05, 4.69) is 14.9 Å². The maximum Gasteiger partial charge on any atom is 0.225 e. The Morgan fingerprint density at radius 3 is 2.95 bits per heavy atom. The summed E-state index contributed by atoms with van der Waals surface area (Å²) >= 11 is 0. The van der Waals surface area contributed by atoms with Crippen molar-refractivity contribution in [3.05, 3.63) is 17.7 Å². The summed E-state index contributed by atoms with van der Waals surface area (Å²) in [4.78, 5) is 23.4. The highest BCUT2D eigenvalue weighted by molar-refractivity contribution is 5.76. The quantitative estimate of drug-likeness (QED) is 0.824. The van der Waals surface area contributed by atoms with E-state index in [0.717, 1.165) is 24.5 Å². The Morgan fingerprint density at radius 2 is 2.36 bits per heavy atom. The van der Waals surface area contributed by atoms with Gasteiger partial charge in [-0.25, -0.2) is 4.98 Å². The fraction of sp³-hybridized carbons (Fsp3) is 0.733. The van der Waals surface area contributed by atoms with Crippen LogP contribution in [0.15, 0.2) is 6.33 Å². The molecule has 1 aromatic heterocycles. The summed E-state index contributed by atoms with van der Waals surface area (Å²) in [6.07, 6.45) is 2.03. The number of hydrogen-bond acceptors (Lipinski definition) is 5. The molecule has 1 amide bonds. The van der Waals surface area contributed by atoms with Crippen LogP contribution in [0.2, 0.25) is 0 Å². The Kier molecular flexibility index (Phi) is 5.55. The molecule has 1 N–H and O–H groups in total. The molecule has 1 atom stereocenters. The van der Waals surface area contributed by atoms with Crippen molar-refractivity contribution in [1.82, 2.24) is 19.8 Å². The second-order valence-electron chi connectivity index (χ2n) is 6.11. The van der Waals surface area contributed by atoms with Gasteiger partial charge in [-0.15, -0.1) is 0 Å². The van der Waals surface area contributed by atoms with Crippen LogP contribution in [0.5, 0.6) is 0 Å². The van der Waals surface area contributed by atoms with E-state index in [1.165, 1.54) is 0 Å². The van der Waals surface area contributed by atoms with Crippen LogP contribution < -0.4 is 0 Å². The summed E-state index contributed by atoms with van der Waals surface area (Å²) in [5, 5.41) is 0. The summed E-state index contributed by atoms with van der Waals surface area (Å²) in [6.45, 7) is 5.25. The number of imidazole rings is 1. The number of carbonyl (C=O) groups is 1. The molecule has 0 bridgehead atoms. The highest BCUT2D eigenvalue weighted by Gasteiger charge is 2.39. The Labute approximate surface area is 131 Å². The molecule has 7 heteroatoms. The molecule has 0 radical (unpaired) electrons. The highest BCUT2D eigenvalue weighted by atomic mass is 16.5. The van der Waals surface area contributed by atoms with Gasteiger partial charge in [0.15, 0.2) is 0 Å². The third-order valence-electron chi connectivity index (χ3n) is 4.01. The molecule has 1 aromatic rings. The van der Waals surface area contributed by atoms with Gasteiger partial charge in [0.05, 0.1) is 31.7 Å². The first-order chi connectivity index (χ1) is 10.5. The molecule has 0 spiro atoms. The van der Waals surface area contributed by atoms with Crippen LogP contribution in [-0.2, 0) is 20.8 Å². The van der Waals surface area contributed by atoms with Crippen molar-refractivity contribution in [3.63, 3.8) is 0 Å². The lowest BCUT2D eigenvalue weighted by Gasteiger charge is -2.42. The third-order valence-corrected chi connectivity index (χ3v) is 4.01. The number of aryl methyl sites for hydroxylation is 1. The molecule has 7 nitrogen and oxygen atoms in total. The summed E-state index contributed by atoms with van der Waals surface area (Å²) in [6, 6.07) is 0. The molecule has 0 saturated carbocycles. The first kappa shape index (κ1) is 16.9. The zero-order valence-corrected chi connectivity index (χ0v) is 13.9. The minimum Gasteiger partial charge on any atom is -0.382 e. The van der Waals surface area contributed by atoms with Crippen LogP contribution in [0.3, 0.4) is 0 Å². The van der Waals surface area contributed by atoms with E-state index in [1.54, 1.807) is 32.4 Å². The number of ether oxygens (including phenoxy) is 2. The molecular formula is C15H26N4O3. The van der Waals surface area contributed by atoms with Gasteiger partial charge in [0.2, 0.25) is 5.91 Å². The van der Waals surface area contributed by atoms with Crippen molar-refractivity contribution in [3.8, 4) is 0 Å². The van der Waals surface area contributed by atoms with Crippen LogP contribution >= 0.6 is 0 Å². The number of morpholine rings is 1. The predicted molar refractivity (Wildman–Crippen MR) is 82.5 cm³/mol. The van der Waals surface area contributed by atoms with Gasteiger partial charge in [-0.05, 0) is 6.92 Å². The van der Waals surface area contributed by atoms with Crippen LogP contribution in [-0.4, -0.2) is 78.8 Å². The van der Waals surface area contributed by atoms with Crippen LogP contribution in [0, 0.1) is 6.92 Å². The lowest BCUT2D eigenvalue weighted by Crippen LogP contribution is -2.55. The second kappa shape index (κ2) is 7.21. The molecule has 2 rings (SSSR count). The number of amides is 1. The monoisotopic (exact) mass is 310 g/mol. The van der Waals surface area contributed by atoms with Crippen LogP contribution in [0.1, 0.15) is 17.8 Å². The second-order valence-corrected chi connectivity index (χ2v) is 6.11. The summed E-state index contributed by atoms with van der Waals surface area (Å²) in [5.41, 5.74) is 1.53. The maximum absolute atomic E-state index is 12.1. The third kappa shape index (κ3) is 4.06. The number of methoxy groups -OCH3 is 1. The Bertz CT molecular complexity index is 499. The van der Waals surface area contributed by atoms with Gasteiger partial charge in [-0.1, -0.05) is 0 Å². The number of nitrogens with one attached hydrogen (secondary N) is 1. The fourth-order valence-corrected chi connectivity index (χ4v) is 2.76.